The fourth-order valence-electron chi connectivity index (χ4n) is 4.74. The van der Waals surface area contributed by atoms with Crippen molar-refractivity contribution in [2.45, 2.75) is 44.6 Å². The maximum atomic E-state index is 13.0. The SMILES string of the molecule is COc1ccc(C2(CNC(=O)C3CCN(Cc4csc(C)n4)CC3)CCOCC2)cc1. The van der Waals surface area contributed by atoms with Gasteiger partial charge in [-0.1, -0.05) is 12.1 Å². The first-order valence-electron chi connectivity index (χ1n) is 11.2. The minimum absolute atomic E-state index is 0.0661. The summed E-state index contributed by atoms with van der Waals surface area (Å²) in [6, 6.07) is 8.28. The van der Waals surface area contributed by atoms with Gasteiger partial charge in [-0.05, 0) is 63.4 Å². The van der Waals surface area contributed by atoms with E-state index < -0.39 is 0 Å². The Morgan fingerprint density at radius 1 is 1.26 bits per heavy atom. The minimum Gasteiger partial charge on any atom is -0.497 e. The highest BCUT2D eigenvalue weighted by molar-refractivity contribution is 7.09. The Labute approximate surface area is 189 Å². The first-order chi connectivity index (χ1) is 15.1. The van der Waals surface area contributed by atoms with E-state index in [1.54, 1.807) is 18.4 Å². The summed E-state index contributed by atoms with van der Waals surface area (Å²) in [5, 5.41) is 6.56. The number of benzene rings is 1. The van der Waals surface area contributed by atoms with Crippen LogP contribution in [0, 0.1) is 12.8 Å². The van der Waals surface area contributed by atoms with E-state index in [-0.39, 0.29) is 17.2 Å². The molecule has 2 fully saturated rings. The second-order valence-corrected chi connectivity index (χ2v) is 9.81. The van der Waals surface area contributed by atoms with Crippen LogP contribution in [0.1, 0.15) is 41.9 Å². The summed E-state index contributed by atoms with van der Waals surface area (Å²) in [4.78, 5) is 20.0. The van der Waals surface area contributed by atoms with Crippen LogP contribution in [0.25, 0.3) is 0 Å². The maximum absolute atomic E-state index is 13.0. The van der Waals surface area contributed by atoms with Crippen LogP contribution in [-0.2, 0) is 21.5 Å². The Morgan fingerprint density at radius 3 is 2.58 bits per heavy atom. The molecule has 2 aromatic rings. The summed E-state index contributed by atoms with van der Waals surface area (Å²) >= 11 is 1.70. The van der Waals surface area contributed by atoms with Crippen molar-refractivity contribution in [2.75, 3.05) is 40.0 Å². The second-order valence-electron chi connectivity index (χ2n) is 8.75. The smallest absolute Gasteiger partial charge is 0.223 e. The van der Waals surface area contributed by atoms with Gasteiger partial charge in [-0.25, -0.2) is 4.98 Å². The predicted octanol–water partition coefficient (Wildman–Crippen LogP) is 3.54. The number of aryl methyl sites for hydroxylation is 1. The van der Waals surface area contributed by atoms with E-state index in [2.05, 4.69) is 32.7 Å². The zero-order chi connectivity index (χ0) is 21.7. The summed E-state index contributed by atoms with van der Waals surface area (Å²) in [7, 11) is 1.68. The fraction of sp³-hybridized carbons (Fsp3) is 0.583. The highest BCUT2D eigenvalue weighted by Crippen LogP contribution is 2.35. The average molecular weight is 444 g/mol. The number of hydrogen-bond donors (Lipinski definition) is 1. The van der Waals surface area contributed by atoms with Crippen molar-refractivity contribution in [3.8, 4) is 5.75 Å². The molecule has 31 heavy (non-hydrogen) atoms. The predicted molar refractivity (Wildman–Crippen MR) is 123 cm³/mol. The van der Waals surface area contributed by atoms with Crippen LogP contribution in [0.5, 0.6) is 5.75 Å². The largest absolute Gasteiger partial charge is 0.497 e. The van der Waals surface area contributed by atoms with Gasteiger partial charge in [0, 0.05) is 43.0 Å². The summed E-state index contributed by atoms with van der Waals surface area (Å²) in [5.74, 6) is 1.15. The van der Waals surface area contributed by atoms with Gasteiger partial charge < -0.3 is 14.8 Å². The lowest BCUT2D eigenvalue weighted by molar-refractivity contribution is -0.127. The van der Waals surface area contributed by atoms with Gasteiger partial charge in [0.25, 0.3) is 0 Å². The Bertz CT molecular complexity index is 853. The zero-order valence-electron chi connectivity index (χ0n) is 18.6. The third kappa shape index (κ3) is 5.45. The lowest BCUT2D eigenvalue weighted by Gasteiger charge is -2.38. The van der Waals surface area contributed by atoms with E-state index in [9.17, 15) is 4.79 Å². The summed E-state index contributed by atoms with van der Waals surface area (Å²) < 4.78 is 10.9. The fourth-order valence-corrected chi connectivity index (χ4v) is 5.34. The van der Waals surface area contributed by atoms with Gasteiger partial charge in [0.15, 0.2) is 0 Å². The molecule has 2 aliphatic rings. The highest BCUT2D eigenvalue weighted by atomic mass is 32.1. The molecule has 1 aromatic carbocycles. The maximum Gasteiger partial charge on any atom is 0.223 e. The number of nitrogens with one attached hydrogen (secondary N) is 1. The van der Waals surface area contributed by atoms with Gasteiger partial charge in [-0.3, -0.25) is 9.69 Å². The molecule has 4 rings (SSSR count). The number of thiazole rings is 1. The van der Waals surface area contributed by atoms with Crippen LogP contribution in [0.2, 0.25) is 0 Å². The topological polar surface area (TPSA) is 63.7 Å². The minimum atomic E-state index is -0.0661. The van der Waals surface area contributed by atoms with Crippen LogP contribution >= 0.6 is 11.3 Å². The molecule has 3 heterocycles. The third-order valence-electron chi connectivity index (χ3n) is 6.76. The zero-order valence-corrected chi connectivity index (χ0v) is 19.4. The van der Waals surface area contributed by atoms with Gasteiger partial charge in [0.1, 0.15) is 5.75 Å². The molecular formula is C24H33N3O3S. The van der Waals surface area contributed by atoms with Crippen LogP contribution in [0.3, 0.4) is 0 Å². The quantitative estimate of drug-likeness (QED) is 0.709. The number of likely N-dealkylation sites (tertiary alicyclic amines) is 1. The average Bonchev–Trinajstić information content (AvgIpc) is 3.23. The third-order valence-corrected chi connectivity index (χ3v) is 7.59. The lowest BCUT2D eigenvalue weighted by atomic mass is 9.74. The first-order valence-corrected chi connectivity index (χ1v) is 12.1. The van der Waals surface area contributed by atoms with Crippen molar-refractivity contribution < 1.29 is 14.3 Å². The molecular weight excluding hydrogens is 410 g/mol. The van der Waals surface area contributed by atoms with Gasteiger partial charge >= 0.3 is 0 Å². The number of methoxy groups -OCH3 is 1. The monoisotopic (exact) mass is 443 g/mol. The van der Waals surface area contributed by atoms with E-state index in [0.29, 0.717) is 6.54 Å². The molecule has 1 aromatic heterocycles. The Hall–Kier alpha value is -1.96. The van der Waals surface area contributed by atoms with E-state index >= 15 is 0 Å². The van der Waals surface area contributed by atoms with Gasteiger partial charge in [0.05, 0.1) is 17.8 Å². The molecule has 2 aliphatic heterocycles. The number of carbonyl (C=O) groups excluding carboxylic acids is 1. The normalized spacial score (nSPS) is 19.8. The van der Waals surface area contributed by atoms with Gasteiger partial charge in [-0.2, -0.15) is 0 Å². The molecule has 0 bridgehead atoms. The molecule has 0 spiro atoms. The molecule has 0 saturated carbocycles. The van der Waals surface area contributed by atoms with Crippen molar-refractivity contribution >= 4 is 17.2 Å². The lowest BCUT2D eigenvalue weighted by Crippen LogP contribution is -2.47. The number of ether oxygens (including phenoxy) is 2. The highest BCUT2D eigenvalue weighted by Gasteiger charge is 2.36. The van der Waals surface area contributed by atoms with E-state index in [1.807, 2.05) is 19.1 Å². The second kappa shape index (κ2) is 10.1. The molecule has 1 amide bonds. The molecule has 1 N–H and O–H groups in total. The van der Waals surface area contributed by atoms with E-state index in [0.717, 1.165) is 75.0 Å². The molecule has 0 unspecified atom stereocenters. The molecule has 6 nitrogen and oxygen atoms in total. The van der Waals surface area contributed by atoms with Crippen LogP contribution in [0.15, 0.2) is 29.6 Å². The number of aromatic nitrogens is 1. The summed E-state index contributed by atoms with van der Waals surface area (Å²) in [6.45, 7) is 6.96. The van der Waals surface area contributed by atoms with Crippen molar-refractivity contribution in [2.24, 2.45) is 5.92 Å². The molecule has 0 radical (unpaired) electrons. The van der Waals surface area contributed by atoms with Crippen LogP contribution in [0.4, 0.5) is 0 Å². The number of rotatable bonds is 7. The molecule has 2 saturated heterocycles. The first kappa shape index (κ1) is 22.2. The molecule has 168 valence electrons. The number of piperidine rings is 1. The van der Waals surface area contributed by atoms with Crippen LogP contribution in [-0.4, -0.2) is 55.7 Å². The van der Waals surface area contributed by atoms with E-state index in [1.165, 1.54) is 5.56 Å². The molecule has 7 heteroatoms. The van der Waals surface area contributed by atoms with Gasteiger partial charge in [0.2, 0.25) is 5.91 Å². The standard InChI is InChI=1S/C24H33N3O3S/c1-18-26-21(16-31-18)15-27-11-7-19(8-12-27)23(28)25-17-24(9-13-30-14-10-24)20-3-5-22(29-2)6-4-20/h3-6,16,19H,7-15,17H2,1-2H3,(H,25,28). The van der Waals surface area contributed by atoms with Crippen molar-refractivity contribution in [3.63, 3.8) is 0 Å². The number of nitrogens with zero attached hydrogens (tertiary/aromatic N) is 2. The van der Waals surface area contributed by atoms with Crippen LogP contribution < -0.4 is 10.1 Å². The van der Waals surface area contributed by atoms with Crippen molar-refractivity contribution in [1.82, 2.24) is 15.2 Å². The molecule has 0 aliphatic carbocycles. The van der Waals surface area contributed by atoms with Crippen molar-refractivity contribution in [1.29, 1.82) is 0 Å². The number of hydrogen-bond acceptors (Lipinski definition) is 6. The summed E-state index contributed by atoms with van der Waals surface area (Å²) in [6.07, 6.45) is 3.66. The van der Waals surface area contributed by atoms with Crippen molar-refractivity contribution in [3.05, 3.63) is 45.9 Å². The summed E-state index contributed by atoms with van der Waals surface area (Å²) in [5.41, 5.74) is 2.33. The van der Waals surface area contributed by atoms with Gasteiger partial charge in [-0.15, -0.1) is 11.3 Å². The number of carbonyl (C=O) groups is 1. The number of amides is 1. The molecule has 0 atom stereocenters. The van der Waals surface area contributed by atoms with E-state index in [4.69, 9.17) is 9.47 Å². The Kier molecular flexibility index (Phi) is 7.25. The Morgan fingerprint density at radius 2 is 1.97 bits per heavy atom. The Balaban J connectivity index is 1.32.